The Labute approximate surface area is 134 Å². The van der Waals surface area contributed by atoms with Crippen molar-refractivity contribution in [3.05, 3.63) is 0 Å². The molecule has 3 saturated heterocycles. The molecule has 11 heteroatoms. The molecule has 3 N–H and O–H groups in total. The van der Waals surface area contributed by atoms with E-state index in [-0.39, 0.29) is 24.7 Å². The molecule has 0 aromatic heterocycles. The van der Waals surface area contributed by atoms with Crippen molar-refractivity contribution in [1.82, 2.24) is 20.8 Å². The van der Waals surface area contributed by atoms with Gasteiger partial charge in [0.25, 0.3) is 5.91 Å². The molecule has 3 rings (SSSR count). The maximum atomic E-state index is 12.3. The van der Waals surface area contributed by atoms with Gasteiger partial charge in [-0.25, -0.2) is 5.48 Å². The van der Waals surface area contributed by atoms with E-state index in [1.807, 2.05) is 4.90 Å². The summed E-state index contributed by atoms with van der Waals surface area (Å²) in [5.74, 6) is -0.234. The smallest absolute Gasteiger partial charge is 0.314 e. The van der Waals surface area contributed by atoms with E-state index >= 15 is 0 Å². The van der Waals surface area contributed by atoms with E-state index in [4.69, 9.17) is 9.39 Å². The number of nitrogens with zero attached hydrogens (tertiary/aromatic N) is 2. The molecular formula is C12H22N4O6S. The normalized spacial score (nSPS) is 35.2. The van der Waals surface area contributed by atoms with E-state index in [2.05, 4.69) is 15.1 Å². The van der Waals surface area contributed by atoms with Gasteiger partial charge in [-0.15, -0.1) is 0 Å². The average molecular weight is 350 g/mol. The van der Waals surface area contributed by atoms with Crippen molar-refractivity contribution in [3.63, 3.8) is 0 Å². The molecule has 10 nitrogen and oxygen atoms in total. The lowest BCUT2D eigenvalue weighted by Crippen LogP contribution is -2.50. The highest BCUT2D eigenvalue weighted by molar-refractivity contribution is 7.80. The third kappa shape index (κ3) is 4.38. The van der Waals surface area contributed by atoms with Gasteiger partial charge in [0.2, 0.25) is 0 Å². The number of hydrogen-bond donors (Lipinski definition) is 3. The van der Waals surface area contributed by atoms with Crippen LogP contribution in [0.1, 0.15) is 25.7 Å². The van der Waals surface area contributed by atoms with Crippen LogP contribution >= 0.6 is 0 Å². The van der Waals surface area contributed by atoms with Crippen LogP contribution in [0.25, 0.3) is 0 Å². The lowest BCUT2D eigenvalue weighted by molar-refractivity contribution is -0.145. The van der Waals surface area contributed by atoms with Crippen LogP contribution in [-0.2, 0) is 24.3 Å². The number of hydroxylamine groups is 3. The quantitative estimate of drug-likeness (QED) is 0.407. The molecule has 3 heterocycles. The van der Waals surface area contributed by atoms with E-state index in [9.17, 15) is 13.2 Å². The Morgan fingerprint density at radius 3 is 2.83 bits per heavy atom. The number of nitrogens with one attached hydrogen (secondary N) is 2. The molecule has 23 heavy (non-hydrogen) atoms. The molecule has 0 aromatic carbocycles. The third-order valence-corrected chi connectivity index (χ3v) is 4.84. The van der Waals surface area contributed by atoms with Gasteiger partial charge >= 0.3 is 10.4 Å². The summed E-state index contributed by atoms with van der Waals surface area (Å²) >= 11 is 0. The first kappa shape index (κ1) is 17.0. The van der Waals surface area contributed by atoms with Crippen molar-refractivity contribution in [1.29, 1.82) is 0 Å². The number of fused-ring (bicyclic) bond motifs is 2. The number of rotatable bonds is 5. The Balaban J connectivity index is 1.50. The van der Waals surface area contributed by atoms with Gasteiger partial charge in [0.05, 0.1) is 24.9 Å². The van der Waals surface area contributed by atoms with Gasteiger partial charge in [-0.1, -0.05) is 0 Å². The van der Waals surface area contributed by atoms with E-state index in [0.717, 1.165) is 19.4 Å². The highest BCUT2D eigenvalue weighted by Gasteiger charge is 2.44. The summed E-state index contributed by atoms with van der Waals surface area (Å²) in [4.78, 5) is 19.6. The first-order chi connectivity index (χ1) is 10.9. The summed E-state index contributed by atoms with van der Waals surface area (Å²) < 4.78 is 35.0. The number of amides is 1. The Bertz CT molecular complexity index is 538. The molecule has 132 valence electrons. The maximum absolute atomic E-state index is 12.3. The second kappa shape index (κ2) is 6.97. The van der Waals surface area contributed by atoms with Crippen LogP contribution in [0.5, 0.6) is 0 Å². The number of hydrogen-bond acceptors (Lipinski definition) is 8. The van der Waals surface area contributed by atoms with Crippen LogP contribution in [0, 0.1) is 0 Å². The van der Waals surface area contributed by atoms with Gasteiger partial charge in [-0.2, -0.15) is 17.8 Å². The van der Waals surface area contributed by atoms with E-state index < -0.39 is 16.4 Å². The van der Waals surface area contributed by atoms with E-state index in [1.165, 1.54) is 5.06 Å². The van der Waals surface area contributed by atoms with Gasteiger partial charge < -0.3 is 5.32 Å². The Morgan fingerprint density at radius 2 is 2.13 bits per heavy atom. The number of carbonyl (C=O) groups is 1. The lowest BCUT2D eigenvalue weighted by Gasteiger charge is -2.30. The van der Waals surface area contributed by atoms with Crippen molar-refractivity contribution < 1.29 is 26.9 Å². The highest BCUT2D eigenvalue weighted by atomic mass is 32.3. The van der Waals surface area contributed by atoms with Crippen LogP contribution in [0.2, 0.25) is 0 Å². The molecule has 3 fully saturated rings. The fourth-order valence-electron chi connectivity index (χ4n) is 3.34. The summed E-state index contributed by atoms with van der Waals surface area (Å²) in [7, 11) is -4.54. The van der Waals surface area contributed by atoms with Crippen molar-refractivity contribution in [2.45, 2.75) is 43.9 Å². The van der Waals surface area contributed by atoms with Crippen LogP contribution < -0.4 is 10.8 Å². The molecule has 0 aliphatic carbocycles. The standard InChI is InChI=1S/C12H22N4O6S/c17-12(14-21-10-2-1-5-13-6-10)11-4-3-9-7-15(11)8-16(9)22-23(18,19)20/h9-11,13H,1-8H2,(H,14,17)(H,18,19,20)/t9?,10-,11?/m1/s1. The zero-order valence-corrected chi connectivity index (χ0v) is 13.5. The van der Waals surface area contributed by atoms with Gasteiger partial charge in [0, 0.05) is 13.1 Å². The zero-order chi connectivity index (χ0) is 16.4. The van der Waals surface area contributed by atoms with Gasteiger partial charge in [0.15, 0.2) is 0 Å². The van der Waals surface area contributed by atoms with Crippen LogP contribution in [0.15, 0.2) is 0 Å². The summed E-state index contributed by atoms with van der Waals surface area (Å²) in [5, 5.41) is 4.40. The molecule has 4 atom stereocenters. The lowest BCUT2D eigenvalue weighted by atomic mass is 10.0. The largest absolute Gasteiger partial charge is 0.413 e. The fraction of sp³-hybridized carbons (Fsp3) is 0.917. The summed E-state index contributed by atoms with van der Waals surface area (Å²) in [6.07, 6.45) is 3.07. The topological polar surface area (TPSA) is 120 Å². The predicted molar refractivity (Wildman–Crippen MR) is 78.0 cm³/mol. The van der Waals surface area contributed by atoms with Gasteiger partial charge in [0.1, 0.15) is 0 Å². The molecule has 3 aliphatic rings. The fourth-order valence-corrected chi connectivity index (χ4v) is 3.75. The van der Waals surface area contributed by atoms with Gasteiger partial charge in [-0.05, 0) is 32.2 Å². The Kier molecular flexibility index (Phi) is 5.16. The zero-order valence-electron chi connectivity index (χ0n) is 12.7. The highest BCUT2D eigenvalue weighted by Crippen LogP contribution is 2.28. The summed E-state index contributed by atoms with van der Waals surface area (Å²) in [6.45, 7) is 2.34. The minimum atomic E-state index is -4.54. The molecule has 0 radical (unpaired) electrons. The molecule has 0 saturated carbocycles. The van der Waals surface area contributed by atoms with Crippen molar-refractivity contribution in [2.24, 2.45) is 0 Å². The molecular weight excluding hydrogens is 328 g/mol. The third-order valence-electron chi connectivity index (χ3n) is 4.46. The van der Waals surface area contributed by atoms with Gasteiger partial charge in [-0.3, -0.25) is 19.1 Å². The monoisotopic (exact) mass is 350 g/mol. The second-order valence-corrected chi connectivity index (χ2v) is 7.14. The molecule has 0 aromatic rings. The molecule has 3 aliphatic heterocycles. The van der Waals surface area contributed by atoms with Crippen LogP contribution in [0.4, 0.5) is 0 Å². The Morgan fingerprint density at radius 1 is 1.30 bits per heavy atom. The second-order valence-electron chi connectivity index (χ2n) is 6.13. The first-order valence-corrected chi connectivity index (χ1v) is 9.13. The van der Waals surface area contributed by atoms with E-state index in [1.54, 1.807) is 0 Å². The van der Waals surface area contributed by atoms with Crippen LogP contribution in [0.3, 0.4) is 0 Å². The minimum absolute atomic E-state index is 0.0259. The minimum Gasteiger partial charge on any atom is -0.314 e. The molecule has 1 amide bonds. The number of piperidine rings is 2. The number of carbonyl (C=O) groups excluding carboxylic acids is 1. The summed E-state index contributed by atoms with van der Waals surface area (Å²) in [5.41, 5.74) is 2.52. The van der Waals surface area contributed by atoms with Crippen LogP contribution in [-0.4, -0.2) is 73.3 Å². The van der Waals surface area contributed by atoms with Crippen molar-refractivity contribution in [2.75, 3.05) is 26.3 Å². The van der Waals surface area contributed by atoms with E-state index in [0.29, 0.717) is 25.9 Å². The summed E-state index contributed by atoms with van der Waals surface area (Å²) in [6, 6.07) is -0.540. The Hall–Kier alpha value is -0.820. The maximum Gasteiger partial charge on any atom is 0.413 e. The first-order valence-electron chi connectivity index (χ1n) is 7.76. The van der Waals surface area contributed by atoms with Crippen molar-refractivity contribution >= 4 is 16.3 Å². The SMILES string of the molecule is O=C(NO[C@@H]1CCCNC1)C1CCC2CN1CN2OS(=O)(=O)O. The molecule has 0 spiro atoms. The van der Waals surface area contributed by atoms with Crippen molar-refractivity contribution in [3.8, 4) is 0 Å². The molecule has 2 bridgehead atoms. The molecule has 3 unspecified atom stereocenters. The average Bonchev–Trinajstić information content (AvgIpc) is 2.80. The predicted octanol–water partition coefficient (Wildman–Crippen LogP) is -1.37.